The van der Waals surface area contributed by atoms with Gasteiger partial charge in [0.05, 0.1) is 0 Å². The number of halogens is 1. The Labute approximate surface area is 97.0 Å². The van der Waals surface area contributed by atoms with Gasteiger partial charge >= 0.3 is 0 Å². The Balaban J connectivity index is 2.27. The van der Waals surface area contributed by atoms with Crippen LogP contribution in [0, 0.1) is 12.8 Å². The zero-order chi connectivity index (χ0) is 10.8. The largest absolute Gasteiger partial charge is 0.371 e. The van der Waals surface area contributed by atoms with Gasteiger partial charge in [0.25, 0.3) is 0 Å². The number of hydrogen-bond donors (Lipinski definition) is 0. The quantitative estimate of drug-likeness (QED) is 0.693. The summed E-state index contributed by atoms with van der Waals surface area (Å²) in [5.41, 5.74) is 3.90. The number of aryl methyl sites for hydroxylation is 1. The third-order valence-electron chi connectivity index (χ3n) is 3.14. The number of benzene rings is 1. The average molecular weight is 224 g/mol. The van der Waals surface area contributed by atoms with Crippen molar-refractivity contribution >= 4 is 17.3 Å². The lowest BCUT2D eigenvalue weighted by Crippen LogP contribution is -2.20. The molecular weight excluding hydrogens is 206 g/mol. The second kappa shape index (κ2) is 4.44. The first-order valence-corrected chi connectivity index (χ1v) is 6.14. The van der Waals surface area contributed by atoms with E-state index in [-0.39, 0.29) is 0 Å². The van der Waals surface area contributed by atoms with E-state index < -0.39 is 0 Å². The molecule has 82 valence electrons. The summed E-state index contributed by atoms with van der Waals surface area (Å²) in [6.07, 6.45) is 1.30. The average Bonchev–Trinajstić information content (AvgIpc) is 2.64. The number of nitrogens with zero attached hydrogens (tertiary/aromatic N) is 1. The van der Waals surface area contributed by atoms with Gasteiger partial charge in [0, 0.05) is 24.7 Å². The zero-order valence-electron chi connectivity index (χ0n) is 9.46. The molecule has 1 aliphatic rings. The smallest absolute Gasteiger partial charge is 0.0494 e. The molecule has 1 nitrogen and oxygen atoms in total. The van der Waals surface area contributed by atoms with Crippen LogP contribution in [-0.2, 0) is 5.88 Å². The molecule has 1 fully saturated rings. The number of hydrogen-bond acceptors (Lipinski definition) is 1. The molecule has 1 aliphatic heterocycles. The second-order valence-electron chi connectivity index (χ2n) is 4.61. The summed E-state index contributed by atoms with van der Waals surface area (Å²) in [4.78, 5) is 2.46. The van der Waals surface area contributed by atoms with Crippen LogP contribution in [0.3, 0.4) is 0 Å². The molecule has 2 rings (SSSR count). The molecule has 0 aliphatic carbocycles. The van der Waals surface area contributed by atoms with Crippen LogP contribution in [0.1, 0.15) is 24.5 Å². The van der Waals surface area contributed by atoms with E-state index in [2.05, 4.69) is 36.9 Å². The minimum Gasteiger partial charge on any atom is -0.371 e. The van der Waals surface area contributed by atoms with E-state index in [0.29, 0.717) is 5.88 Å². The van der Waals surface area contributed by atoms with E-state index in [1.165, 1.54) is 36.3 Å². The highest BCUT2D eigenvalue weighted by molar-refractivity contribution is 6.17. The van der Waals surface area contributed by atoms with Crippen LogP contribution in [0.25, 0.3) is 0 Å². The second-order valence-corrected chi connectivity index (χ2v) is 4.87. The Hall–Kier alpha value is -0.690. The van der Waals surface area contributed by atoms with Crippen molar-refractivity contribution in [3.05, 3.63) is 29.3 Å². The fraction of sp³-hybridized carbons (Fsp3) is 0.538. The lowest BCUT2D eigenvalue weighted by molar-refractivity contribution is 0.659. The lowest BCUT2D eigenvalue weighted by Gasteiger charge is -2.21. The molecule has 0 N–H and O–H groups in total. The minimum absolute atomic E-state index is 0.613. The lowest BCUT2D eigenvalue weighted by atomic mass is 10.1. The molecule has 0 bridgehead atoms. The topological polar surface area (TPSA) is 3.24 Å². The highest BCUT2D eigenvalue weighted by Gasteiger charge is 2.20. The van der Waals surface area contributed by atoms with Crippen molar-refractivity contribution in [2.45, 2.75) is 26.1 Å². The monoisotopic (exact) mass is 223 g/mol. The van der Waals surface area contributed by atoms with Crippen molar-refractivity contribution in [2.24, 2.45) is 5.92 Å². The summed E-state index contributed by atoms with van der Waals surface area (Å²) in [6.45, 7) is 6.78. The summed E-state index contributed by atoms with van der Waals surface area (Å²) in [5, 5.41) is 0. The maximum atomic E-state index is 5.99. The van der Waals surface area contributed by atoms with Crippen molar-refractivity contribution in [3.63, 3.8) is 0 Å². The Morgan fingerprint density at radius 3 is 2.87 bits per heavy atom. The maximum Gasteiger partial charge on any atom is 0.0494 e. The van der Waals surface area contributed by atoms with Gasteiger partial charge in [-0.05, 0) is 30.9 Å². The molecule has 2 heteroatoms. The first kappa shape index (κ1) is 10.8. The molecule has 15 heavy (non-hydrogen) atoms. The third-order valence-corrected chi connectivity index (χ3v) is 3.43. The summed E-state index contributed by atoms with van der Waals surface area (Å²) < 4.78 is 0. The van der Waals surface area contributed by atoms with Crippen molar-refractivity contribution < 1.29 is 0 Å². The molecule has 0 amide bonds. The van der Waals surface area contributed by atoms with Crippen molar-refractivity contribution in [2.75, 3.05) is 18.0 Å². The highest BCUT2D eigenvalue weighted by atomic mass is 35.5. The van der Waals surface area contributed by atoms with Gasteiger partial charge in [0.2, 0.25) is 0 Å². The summed E-state index contributed by atoms with van der Waals surface area (Å²) in [6, 6.07) is 6.59. The number of anilines is 1. The highest BCUT2D eigenvalue weighted by Crippen LogP contribution is 2.28. The fourth-order valence-corrected chi connectivity index (χ4v) is 2.50. The Morgan fingerprint density at radius 1 is 1.47 bits per heavy atom. The van der Waals surface area contributed by atoms with Gasteiger partial charge < -0.3 is 4.90 Å². The van der Waals surface area contributed by atoms with Gasteiger partial charge in [-0.25, -0.2) is 0 Å². The summed E-state index contributed by atoms with van der Waals surface area (Å²) in [7, 11) is 0. The van der Waals surface area contributed by atoms with Crippen LogP contribution in [0.5, 0.6) is 0 Å². The fourth-order valence-electron chi connectivity index (χ4n) is 2.28. The van der Waals surface area contributed by atoms with Gasteiger partial charge in [-0.1, -0.05) is 24.6 Å². The molecule has 0 radical (unpaired) electrons. The molecule has 1 heterocycles. The van der Waals surface area contributed by atoms with Crippen LogP contribution in [0.4, 0.5) is 5.69 Å². The Kier molecular flexibility index (Phi) is 3.20. The van der Waals surface area contributed by atoms with E-state index in [4.69, 9.17) is 11.6 Å². The molecule has 0 aromatic heterocycles. The van der Waals surface area contributed by atoms with Gasteiger partial charge in [0.1, 0.15) is 0 Å². The van der Waals surface area contributed by atoms with Gasteiger partial charge in [-0.15, -0.1) is 11.6 Å². The molecule has 1 saturated heterocycles. The van der Waals surface area contributed by atoms with E-state index in [1.807, 2.05) is 0 Å². The summed E-state index contributed by atoms with van der Waals surface area (Å²) in [5.74, 6) is 1.43. The van der Waals surface area contributed by atoms with Gasteiger partial charge in [-0.3, -0.25) is 0 Å². The predicted octanol–water partition coefficient (Wildman–Crippen LogP) is 3.58. The van der Waals surface area contributed by atoms with Crippen LogP contribution in [-0.4, -0.2) is 13.1 Å². The Bertz CT molecular complexity index is 348. The van der Waals surface area contributed by atoms with E-state index in [9.17, 15) is 0 Å². The van der Waals surface area contributed by atoms with E-state index in [0.717, 1.165) is 5.92 Å². The van der Waals surface area contributed by atoms with Crippen molar-refractivity contribution in [1.82, 2.24) is 0 Å². The number of rotatable bonds is 2. The van der Waals surface area contributed by atoms with Crippen LogP contribution in [0.15, 0.2) is 18.2 Å². The van der Waals surface area contributed by atoms with Crippen molar-refractivity contribution in [1.29, 1.82) is 0 Å². The molecule has 1 atom stereocenters. The van der Waals surface area contributed by atoms with E-state index in [1.54, 1.807) is 0 Å². The zero-order valence-corrected chi connectivity index (χ0v) is 10.2. The molecule has 0 saturated carbocycles. The SMILES string of the molecule is Cc1ccc(N2CCC(C)C2)c(CCl)c1. The molecule has 0 spiro atoms. The Morgan fingerprint density at radius 2 is 2.27 bits per heavy atom. The normalized spacial score (nSPS) is 21.0. The van der Waals surface area contributed by atoms with Gasteiger partial charge in [0.15, 0.2) is 0 Å². The van der Waals surface area contributed by atoms with Crippen LogP contribution in [0.2, 0.25) is 0 Å². The number of alkyl halides is 1. The maximum absolute atomic E-state index is 5.99. The summed E-state index contributed by atoms with van der Waals surface area (Å²) >= 11 is 5.99. The third kappa shape index (κ3) is 2.28. The molecular formula is C13H18ClN. The molecule has 1 aromatic rings. The van der Waals surface area contributed by atoms with Crippen LogP contribution < -0.4 is 4.90 Å². The predicted molar refractivity (Wildman–Crippen MR) is 66.7 cm³/mol. The van der Waals surface area contributed by atoms with Crippen LogP contribution >= 0.6 is 11.6 Å². The molecule has 1 aromatic carbocycles. The first-order chi connectivity index (χ1) is 7.20. The molecule has 1 unspecified atom stereocenters. The standard InChI is InChI=1S/C13H18ClN/c1-10-3-4-13(12(7-10)8-14)15-6-5-11(2)9-15/h3-4,7,11H,5-6,8-9H2,1-2H3. The minimum atomic E-state index is 0.613. The van der Waals surface area contributed by atoms with E-state index >= 15 is 0 Å². The van der Waals surface area contributed by atoms with Gasteiger partial charge in [-0.2, -0.15) is 0 Å². The van der Waals surface area contributed by atoms with Crippen molar-refractivity contribution in [3.8, 4) is 0 Å². The first-order valence-electron chi connectivity index (χ1n) is 5.61.